The summed E-state index contributed by atoms with van der Waals surface area (Å²) in [5.41, 5.74) is 1.91. The number of pyridine rings is 2. The Kier molecular flexibility index (Phi) is 11.0. The number of aliphatic hydroxyl groups is 2. The first kappa shape index (κ1) is 37.3. The predicted molar refractivity (Wildman–Crippen MR) is 212 cm³/mol. The van der Waals surface area contributed by atoms with Crippen LogP contribution in [0.4, 0.5) is 0 Å². The van der Waals surface area contributed by atoms with Crippen LogP contribution in [0.25, 0.3) is 43.7 Å². The molecule has 4 aromatic carbocycles. The van der Waals surface area contributed by atoms with Crippen molar-refractivity contribution in [3.05, 3.63) is 154 Å². The molecule has 0 radical (unpaired) electrons. The fraction of sp³-hybridized carbons (Fsp3) is 0.136. The van der Waals surface area contributed by atoms with Gasteiger partial charge in [-0.15, -0.1) is 0 Å². The van der Waals surface area contributed by atoms with Crippen molar-refractivity contribution in [1.29, 1.82) is 0 Å². The van der Waals surface area contributed by atoms with Gasteiger partial charge in [0.05, 0.1) is 17.6 Å². The predicted octanol–water partition coefficient (Wildman–Crippen LogP) is 8.18. The molecule has 56 heavy (non-hydrogen) atoms. The van der Waals surface area contributed by atoms with Crippen LogP contribution < -0.4 is 29.8 Å². The highest BCUT2D eigenvalue weighted by molar-refractivity contribution is 5.88. The molecule has 282 valence electrons. The van der Waals surface area contributed by atoms with Gasteiger partial charge in [0, 0.05) is 59.6 Å². The smallest absolute Gasteiger partial charge is 0.196 e. The number of nitrogens with zero attached hydrogens (tertiary/aromatic N) is 2. The summed E-state index contributed by atoms with van der Waals surface area (Å²) in [6.07, 6.45) is 3.89. The largest absolute Gasteiger partial charge is 0.490 e. The van der Waals surface area contributed by atoms with E-state index in [2.05, 4.69) is 16.5 Å². The van der Waals surface area contributed by atoms with Crippen molar-refractivity contribution in [1.82, 2.24) is 9.97 Å². The lowest BCUT2D eigenvalue weighted by molar-refractivity contribution is 0.0540. The second-order valence-corrected chi connectivity index (χ2v) is 12.6. The molecule has 4 heterocycles. The molecule has 0 bridgehead atoms. The maximum Gasteiger partial charge on any atom is 0.196 e. The number of benzene rings is 4. The van der Waals surface area contributed by atoms with Gasteiger partial charge in [0.25, 0.3) is 0 Å². The average Bonchev–Trinajstić information content (AvgIpc) is 3.19. The van der Waals surface area contributed by atoms with Crippen LogP contribution in [0, 0.1) is 13.8 Å². The third-order valence-electron chi connectivity index (χ3n) is 8.45. The van der Waals surface area contributed by atoms with Crippen LogP contribution in [0.5, 0.6) is 34.5 Å². The maximum absolute atomic E-state index is 12.5. The quantitative estimate of drug-likeness (QED) is 0.122. The highest BCUT2D eigenvalue weighted by Crippen LogP contribution is 2.36. The molecule has 1 unspecified atom stereocenters. The van der Waals surface area contributed by atoms with E-state index in [0.717, 1.165) is 21.8 Å². The Bertz CT molecular complexity index is 2820. The van der Waals surface area contributed by atoms with Crippen molar-refractivity contribution < 1.29 is 38.0 Å². The molecule has 2 N–H and O–H groups in total. The molecule has 4 aromatic heterocycles. The summed E-state index contributed by atoms with van der Waals surface area (Å²) < 4.78 is 34.9. The number of fused-ring (bicyclic) bond motifs is 4. The van der Waals surface area contributed by atoms with Crippen LogP contribution in [0.1, 0.15) is 11.5 Å². The van der Waals surface area contributed by atoms with Crippen molar-refractivity contribution in [2.24, 2.45) is 0 Å². The van der Waals surface area contributed by atoms with Gasteiger partial charge >= 0.3 is 0 Å². The molecule has 0 fully saturated rings. The van der Waals surface area contributed by atoms with Gasteiger partial charge in [-0.1, -0.05) is 36.9 Å². The van der Waals surface area contributed by atoms with Gasteiger partial charge in [-0.2, -0.15) is 0 Å². The molecule has 0 amide bonds. The summed E-state index contributed by atoms with van der Waals surface area (Å²) in [7, 11) is 0. The van der Waals surface area contributed by atoms with Gasteiger partial charge in [0.2, 0.25) is 0 Å². The summed E-state index contributed by atoms with van der Waals surface area (Å²) >= 11 is 0. The minimum absolute atomic E-state index is 0.159. The number of para-hydroxylation sites is 2. The highest BCUT2D eigenvalue weighted by Gasteiger charge is 2.17. The molecule has 8 rings (SSSR count). The molecule has 1 atom stereocenters. The van der Waals surface area contributed by atoms with Gasteiger partial charge in [0.1, 0.15) is 87.3 Å². The van der Waals surface area contributed by atoms with Crippen LogP contribution in [0.2, 0.25) is 0 Å². The first-order valence-corrected chi connectivity index (χ1v) is 17.6. The van der Waals surface area contributed by atoms with Gasteiger partial charge in [-0.25, -0.2) is 0 Å². The van der Waals surface area contributed by atoms with E-state index in [1.54, 1.807) is 68.7 Å². The van der Waals surface area contributed by atoms with Gasteiger partial charge in [0.15, 0.2) is 10.9 Å². The van der Waals surface area contributed by atoms with E-state index in [4.69, 9.17) is 32.9 Å². The fourth-order valence-corrected chi connectivity index (χ4v) is 6.00. The average molecular weight is 753 g/mol. The van der Waals surface area contributed by atoms with Crippen molar-refractivity contribution in [2.75, 3.05) is 19.8 Å². The van der Waals surface area contributed by atoms with Crippen LogP contribution in [-0.2, 0) is 0 Å². The van der Waals surface area contributed by atoms with Gasteiger partial charge in [-0.3, -0.25) is 19.6 Å². The lowest BCUT2D eigenvalue weighted by atomic mass is 10.1. The van der Waals surface area contributed by atoms with Crippen molar-refractivity contribution in [2.45, 2.75) is 20.0 Å². The monoisotopic (exact) mass is 752 g/mol. The van der Waals surface area contributed by atoms with Crippen LogP contribution in [0.3, 0.4) is 0 Å². The lowest BCUT2D eigenvalue weighted by Gasteiger charge is -2.14. The minimum atomic E-state index is -1.07. The van der Waals surface area contributed by atoms with Gasteiger partial charge < -0.3 is 38.0 Å². The second-order valence-electron chi connectivity index (χ2n) is 12.6. The molecule has 0 aliphatic heterocycles. The van der Waals surface area contributed by atoms with Crippen molar-refractivity contribution >= 4 is 43.7 Å². The van der Waals surface area contributed by atoms with E-state index >= 15 is 0 Å². The third kappa shape index (κ3) is 8.21. The Morgan fingerprint density at radius 3 is 1.64 bits per heavy atom. The number of aromatic nitrogens is 2. The summed E-state index contributed by atoms with van der Waals surface area (Å²) in [6.45, 7) is 6.70. The Morgan fingerprint density at radius 2 is 1.16 bits per heavy atom. The molecular weight excluding hydrogens is 716 g/mol. The zero-order chi connectivity index (χ0) is 39.2. The second kappa shape index (κ2) is 16.6. The third-order valence-corrected chi connectivity index (χ3v) is 8.45. The molecule has 12 nitrogen and oxygen atoms in total. The van der Waals surface area contributed by atoms with Crippen LogP contribution in [0.15, 0.2) is 141 Å². The Balaban J connectivity index is 0.000000172. The summed E-state index contributed by atoms with van der Waals surface area (Å²) in [4.78, 5) is 33.5. The molecule has 8 aromatic rings. The molecule has 0 saturated carbocycles. The summed E-state index contributed by atoms with van der Waals surface area (Å²) in [6, 6.07) is 28.2. The molecule has 0 aliphatic rings. The minimum Gasteiger partial charge on any atom is -0.490 e. The molecule has 0 aliphatic carbocycles. The lowest BCUT2D eigenvalue weighted by Crippen LogP contribution is -2.21. The number of rotatable bonds is 11. The molecule has 0 saturated heterocycles. The SMILES string of the molecule is C=CCOc1cc(Oc2ccnc3ccccc23)cc2oc(C)cc(=O)c12.Cc1cc(=O)c2c(OCC(O)CO)cc(Oc3ccnc4ccccc34)cc2o1. The van der Waals surface area contributed by atoms with E-state index in [9.17, 15) is 14.7 Å². The van der Waals surface area contributed by atoms with Crippen LogP contribution in [-0.4, -0.2) is 46.1 Å². The van der Waals surface area contributed by atoms with Crippen molar-refractivity contribution in [3.63, 3.8) is 0 Å². The zero-order valence-electron chi connectivity index (χ0n) is 30.4. The normalized spacial score (nSPS) is 11.6. The number of aryl methyl sites for hydroxylation is 2. The standard InChI is InChI=1S/C22H19NO6.C22H17NO4/c1-13-8-18(26)22-20(27-12-14(25)11-24)9-15(10-21(22)28-13)29-19-6-7-23-17-5-3-2-4-16(17)19;1-3-10-25-20-12-15(13-21-22(20)18(24)11-14(2)26-21)27-19-8-9-23-17-7-5-4-6-16(17)19/h2-10,14,24-25H,11-12H2,1H3;3-9,11-13H,1,10H2,2H3. The number of ether oxygens (including phenoxy) is 4. The first-order valence-electron chi connectivity index (χ1n) is 17.6. The van der Waals surface area contributed by atoms with Gasteiger partial charge in [-0.05, 0) is 50.2 Å². The Morgan fingerprint density at radius 1 is 0.679 bits per heavy atom. The number of aliphatic hydroxyl groups excluding tert-OH is 2. The molecule has 12 heteroatoms. The van der Waals surface area contributed by atoms with E-state index < -0.39 is 12.7 Å². The van der Waals surface area contributed by atoms with E-state index in [0.29, 0.717) is 56.8 Å². The Hall–Kier alpha value is -7.02. The maximum atomic E-state index is 12.5. The molecule has 0 spiro atoms. The van der Waals surface area contributed by atoms with Crippen LogP contribution >= 0.6 is 0 Å². The Labute approximate surface area is 319 Å². The molecular formula is C44H36N2O10. The van der Waals surface area contributed by atoms with E-state index in [1.165, 1.54) is 12.1 Å². The topological polar surface area (TPSA) is 164 Å². The number of hydrogen-bond donors (Lipinski definition) is 2. The summed E-state index contributed by atoms with van der Waals surface area (Å²) in [5.74, 6) is 3.73. The van der Waals surface area contributed by atoms with E-state index in [-0.39, 0.29) is 35.2 Å². The zero-order valence-corrected chi connectivity index (χ0v) is 30.4. The highest BCUT2D eigenvalue weighted by atomic mass is 16.5. The first-order chi connectivity index (χ1) is 27.2. The summed E-state index contributed by atoms with van der Waals surface area (Å²) in [5, 5.41) is 21.0. The fourth-order valence-electron chi connectivity index (χ4n) is 6.00. The van der Waals surface area contributed by atoms with Crippen molar-refractivity contribution in [3.8, 4) is 34.5 Å². The number of hydrogen-bond acceptors (Lipinski definition) is 12. The van der Waals surface area contributed by atoms with E-state index in [1.807, 2.05) is 48.5 Å².